The fourth-order valence-corrected chi connectivity index (χ4v) is 7.01. The third-order valence-electron chi connectivity index (χ3n) is 7.80. The molecule has 4 aliphatic carbocycles. The third kappa shape index (κ3) is 2.80. The summed E-state index contributed by atoms with van der Waals surface area (Å²) < 4.78 is 0. The van der Waals surface area contributed by atoms with Gasteiger partial charge in [0, 0.05) is 31.9 Å². The number of piperazine rings is 1. The molecule has 4 saturated carbocycles. The molecule has 1 aromatic heterocycles. The van der Waals surface area contributed by atoms with Gasteiger partial charge in [0.2, 0.25) is 5.91 Å². The zero-order valence-corrected chi connectivity index (χ0v) is 17.1. The van der Waals surface area contributed by atoms with E-state index in [1.165, 1.54) is 19.3 Å². The molecular weight excluding hydrogens is 348 g/mol. The van der Waals surface area contributed by atoms with Crippen LogP contribution >= 0.6 is 0 Å². The molecular formula is C23H30N4O. The molecule has 0 unspecified atom stereocenters. The van der Waals surface area contributed by atoms with Crippen LogP contribution in [-0.4, -0.2) is 42.0 Å². The zero-order chi connectivity index (χ0) is 19.5. The Balaban J connectivity index is 1.31. The van der Waals surface area contributed by atoms with E-state index in [0.29, 0.717) is 11.5 Å². The van der Waals surface area contributed by atoms with E-state index in [1.54, 1.807) is 0 Å². The molecule has 0 radical (unpaired) electrons. The summed E-state index contributed by atoms with van der Waals surface area (Å²) in [6.07, 6.45) is 7.51. The number of hydrogen-bond acceptors (Lipinski definition) is 4. The van der Waals surface area contributed by atoms with Crippen LogP contribution in [0.3, 0.4) is 0 Å². The maximum absolute atomic E-state index is 13.6. The Bertz CT molecular complexity index is 812. The normalized spacial score (nSPS) is 33.8. The Labute approximate surface area is 167 Å². The summed E-state index contributed by atoms with van der Waals surface area (Å²) in [5.41, 5.74) is 2.55. The van der Waals surface area contributed by atoms with E-state index in [1.807, 2.05) is 19.9 Å². The van der Waals surface area contributed by atoms with Crippen molar-refractivity contribution in [3.63, 3.8) is 0 Å². The average molecular weight is 379 g/mol. The lowest BCUT2D eigenvalue weighted by Crippen LogP contribution is -2.58. The van der Waals surface area contributed by atoms with Crippen LogP contribution in [0, 0.1) is 48.3 Å². The SMILES string of the molecule is Cc1cc(C)c(C#N)c(N2CCN(C(=O)C34CC5CC(CC(C5)C3)C4)CC2)n1. The highest BCUT2D eigenvalue weighted by Gasteiger charge is 2.55. The van der Waals surface area contributed by atoms with E-state index >= 15 is 0 Å². The predicted molar refractivity (Wildman–Crippen MR) is 108 cm³/mol. The van der Waals surface area contributed by atoms with Gasteiger partial charge in [0.15, 0.2) is 0 Å². The van der Waals surface area contributed by atoms with E-state index in [4.69, 9.17) is 0 Å². The van der Waals surface area contributed by atoms with Gasteiger partial charge in [-0.2, -0.15) is 5.26 Å². The highest BCUT2D eigenvalue weighted by Crippen LogP contribution is 2.60. The standard InChI is InChI=1S/C23H30N4O/c1-15-7-16(2)25-21(20(15)14-24)26-3-5-27(6-4-26)22(28)23-11-17-8-18(12-23)10-19(9-17)13-23/h7,17-19H,3-6,8-13H2,1-2H3. The van der Waals surface area contributed by atoms with Gasteiger partial charge < -0.3 is 9.80 Å². The number of pyridine rings is 1. The van der Waals surface area contributed by atoms with Crippen molar-refractivity contribution in [2.45, 2.75) is 52.4 Å². The van der Waals surface area contributed by atoms with E-state index in [-0.39, 0.29) is 5.41 Å². The van der Waals surface area contributed by atoms with Crippen molar-refractivity contribution in [1.29, 1.82) is 5.26 Å². The Hall–Kier alpha value is -2.09. The van der Waals surface area contributed by atoms with Crippen LogP contribution in [0.25, 0.3) is 0 Å². The number of nitrogens with zero attached hydrogens (tertiary/aromatic N) is 4. The minimum Gasteiger partial charge on any atom is -0.352 e. The van der Waals surface area contributed by atoms with Crippen molar-refractivity contribution >= 4 is 11.7 Å². The highest BCUT2D eigenvalue weighted by molar-refractivity contribution is 5.83. The largest absolute Gasteiger partial charge is 0.352 e. The second kappa shape index (κ2) is 6.47. The molecule has 0 aromatic carbocycles. The van der Waals surface area contributed by atoms with Gasteiger partial charge in [0.25, 0.3) is 0 Å². The van der Waals surface area contributed by atoms with Gasteiger partial charge in [-0.15, -0.1) is 0 Å². The van der Waals surface area contributed by atoms with Crippen LogP contribution in [0.2, 0.25) is 0 Å². The van der Waals surface area contributed by atoms with E-state index in [2.05, 4.69) is 20.9 Å². The Morgan fingerprint density at radius 1 is 1.07 bits per heavy atom. The first-order valence-corrected chi connectivity index (χ1v) is 10.9. The fraction of sp³-hybridized carbons (Fsp3) is 0.696. The molecule has 2 heterocycles. The quantitative estimate of drug-likeness (QED) is 0.791. The number of carbonyl (C=O) groups excluding carboxylic acids is 1. The van der Waals surface area contributed by atoms with Gasteiger partial charge >= 0.3 is 0 Å². The summed E-state index contributed by atoms with van der Waals surface area (Å²) in [4.78, 5) is 22.5. The maximum Gasteiger partial charge on any atom is 0.228 e. The lowest BCUT2D eigenvalue weighted by Gasteiger charge is -2.57. The maximum atomic E-state index is 13.6. The molecule has 0 spiro atoms. The minimum atomic E-state index is -0.0487. The van der Waals surface area contributed by atoms with Crippen molar-refractivity contribution in [2.24, 2.45) is 23.2 Å². The number of amides is 1. The van der Waals surface area contributed by atoms with Crippen LogP contribution in [-0.2, 0) is 4.79 Å². The lowest BCUT2D eigenvalue weighted by molar-refractivity contribution is -0.158. The lowest BCUT2D eigenvalue weighted by atomic mass is 9.49. The van der Waals surface area contributed by atoms with Gasteiger partial charge in [-0.3, -0.25) is 4.79 Å². The van der Waals surface area contributed by atoms with Crippen molar-refractivity contribution in [3.8, 4) is 6.07 Å². The van der Waals surface area contributed by atoms with E-state index in [9.17, 15) is 10.1 Å². The average Bonchev–Trinajstić information content (AvgIpc) is 2.66. The van der Waals surface area contributed by atoms with E-state index < -0.39 is 0 Å². The number of hydrogen-bond donors (Lipinski definition) is 0. The summed E-state index contributed by atoms with van der Waals surface area (Å²) in [6.45, 7) is 6.99. The predicted octanol–water partition coefficient (Wildman–Crippen LogP) is 3.44. The molecule has 28 heavy (non-hydrogen) atoms. The van der Waals surface area contributed by atoms with Crippen LogP contribution in [0.1, 0.15) is 55.3 Å². The number of anilines is 1. The number of aromatic nitrogens is 1. The molecule has 6 rings (SSSR count). The van der Waals surface area contributed by atoms with Crippen molar-refractivity contribution in [2.75, 3.05) is 31.1 Å². The first kappa shape index (κ1) is 18.0. The van der Waals surface area contributed by atoms with E-state index in [0.717, 1.165) is 80.3 Å². The molecule has 5 aliphatic rings. The van der Waals surface area contributed by atoms with Gasteiger partial charge in [0.1, 0.15) is 11.9 Å². The van der Waals surface area contributed by atoms with Crippen LogP contribution in [0.15, 0.2) is 6.07 Å². The molecule has 1 saturated heterocycles. The second-order valence-corrected chi connectivity index (χ2v) is 9.87. The second-order valence-electron chi connectivity index (χ2n) is 9.87. The third-order valence-corrected chi connectivity index (χ3v) is 7.80. The number of aryl methyl sites for hydroxylation is 2. The smallest absolute Gasteiger partial charge is 0.228 e. The van der Waals surface area contributed by atoms with Crippen LogP contribution in [0.4, 0.5) is 5.82 Å². The van der Waals surface area contributed by atoms with Crippen molar-refractivity contribution in [1.82, 2.24) is 9.88 Å². The number of carbonyl (C=O) groups is 1. The van der Waals surface area contributed by atoms with Crippen molar-refractivity contribution < 1.29 is 4.79 Å². The number of nitriles is 1. The molecule has 5 nitrogen and oxygen atoms in total. The summed E-state index contributed by atoms with van der Waals surface area (Å²) in [5.74, 6) is 3.62. The molecule has 0 N–H and O–H groups in total. The van der Waals surface area contributed by atoms with Crippen LogP contribution in [0.5, 0.6) is 0 Å². The summed E-state index contributed by atoms with van der Waals surface area (Å²) in [7, 11) is 0. The zero-order valence-electron chi connectivity index (χ0n) is 17.1. The monoisotopic (exact) mass is 378 g/mol. The first-order valence-electron chi connectivity index (χ1n) is 10.9. The summed E-state index contributed by atoms with van der Waals surface area (Å²) >= 11 is 0. The van der Waals surface area contributed by atoms with Gasteiger partial charge in [-0.25, -0.2) is 4.98 Å². The summed E-state index contributed by atoms with van der Waals surface area (Å²) in [5, 5.41) is 9.58. The topological polar surface area (TPSA) is 60.2 Å². The highest BCUT2D eigenvalue weighted by atomic mass is 16.2. The molecule has 4 bridgehead atoms. The summed E-state index contributed by atoms with van der Waals surface area (Å²) in [6, 6.07) is 4.29. The van der Waals surface area contributed by atoms with Gasteiger partial charge in [-0.05, 0) is 81.8 Å². The number of rotatable bonds is 2. The molecule has 148 valence electrons. The Morgan fingerprint density at radius 3 is 2.18 bits per heavy atom. The first-order chi connectivity index (χ1) is 13.5. The fourth-order valence-electron chi connectivity index (χ4n) is 7.01. The van der Waals surface area contributed by atoms with Gasteiger partial charge in [0.05, 0.1) is 11.0 Å². The minimum absolute atomic E-state index is 0.0487. The molecule has 1 aromatic rings. The molecule has 5 heteroatoms. The van der Waals surface area contributed by atoms with Gasteiger partial charge in [-0.1, -0.05) is 0 Å². The molecule has 0 atom stereocenters. The molecule has 5 fully saturated rings. The Morgan fingerprint density at radius 2 is 1.64 bits per heavy atom. The Kier molecular flexibility index (Phi) is 4.15. The molecule has 1 aliphatic heterocycles. The van der Waals surface area contributed by atoms with Crippen LogP contribution < -0.4 is 4.90 Å². The van der Waals surface area contributed by atoms with Crippen molar-refractivity contribution in [3.05, 3.63) is 22.9 Å². The molecule has 1 amide bonds.